The molecule has 4 N–H and O–H groups in total. The summed E-state index contributed by atoms with van der Waals surface area (Å²) in [5.74, 6) is 1.48. The highest BCUT2D eigenvalue weighted by atomic mass is 79.9. The van der Waals surface area contributed by atoms with Gasteiger partial charge in [0.15, 0.2) is 11.5 Å². The van der Waals surface area contributed by atoms with Gasteiger partial charge >= 0.3 is 0 Å². The molecule has 0 saturated heterocycles. The quantitative estimate of drug-likeness (QED) is 0.591. The third-order valence-corrected chi connectivity index (χ3v) is 4.27. The van der Waals surface area contributed by atoms with Crippen LogP contribution in [0.25, 0.3) is 0 Å². The SMILES string of the molecule is C[NH2+]CCC[NH2+]Cc1cc(Br)c(OCc2cccnc2)c(OC)c1. The molecule has 0 radical (unpaired) electrons. The second-order valence-electron chi connectivity index (χ2n) is 5.59. The summed E-state index contributed by atoms with van der Waals surface area (Å²) >= 11 is 3.61. The van der Waals surface area contributed by atoms with E-state index in [2.05, 4.69) is 44.7 Å². The van der Waals surface area contributed by atoms with Crippen LogP contribution in [0.3, 0.4) is 0 Å². The summed E-state index contributed by atoms with van der Waals surface area (Å²) in [5, 5.41) is 4.53. The van der Waals surface area contributed by atoms with Crippen molar-refractivity contribution in [1.29, 1.82) is 0 Å². The summed E-state index contributed by atoms with van der Waals surface area (Å²) in [6, 6.07) is 8.04. The molecular weight excluding hydrogens is 370 g/mol. The van der Waals surface area contributed by atoms with Crippen molar-refractivity contribution >= 4 is 15.9 Å². The molecule has 0 aliphatic carbocycles. The standard InChI is InChI=1S/C18H24BrN3O2/c1-20-6-4-8-22-12-15-9-16(19)18(17(10-15)23-2)24-13-14-5-3-7-21-11-14/h3,5,7,9-11,20,22H,4,6,8,12-13H2,1-2H3/p+2. The minimum atomic E-state index is 0.460. The number of benzene rings is 1. The molecule has 2 aromatic rings. The first-order valence-corrected chi connectivity index (χ1v) is 9.01. The van der Waals surface area contributed by atoms with E-state index in [9.17, 15) is 0 Å². The van der Waals surface area contributed by atoms with Crippen molar-refractivity contribution in [3.05, 3.63) is 52.3 Å². The van der Waals surface area contributed by atoms with Gasteiger partial charge in [-0.25, -0.2) is 0 Å². The summed E-state index contributed by atoms with van der Waals surface area (Å²) in [7, 11) is 3.77. The number of nitrogens with zero attached hydrogens (tertiary/aromatic N) is 1. The third-order valence-electron chi connectivity index (χ3n) is 3.68. The molecule has 24 heavy (non-hydrogen) atoms. The number of rotatable bonds is 10. The lowest BCUT2D eigenvalue weighted by atomic mass is 10.2. The summed E-state index contributed by atoms with van der Waals surface area (Å²) in [6.45, 7) is 3.69. The van der Waals surface area contributed by atoms with Gasteiger partial charge in [-0.1, -0.05) is 6.07 Å². The Balaban J connectivity index is 1.98. The third kappa shape index (κ3) is 5.78. The van der Waals surface area contributed by atoms with Crippen molar-refractivity contribution in [2.75, 3.05) is 27.2 Å². The molecule has 1 heterocycles. The lowest BCUT2D eigenvalue weighted by molar-refractivity contribution is -0.682. The Bertz CT molecular complexity index is 623. The molecular formula is C18H26BrN3O2+2. The lowest BCUT2D eigenvalue weighted by Gasteiger charge is -2.14. The molecule has 6 heteroatoms. The van der Waals surface area contributed by atoms with Crippen molar-refractivity contribution in [1.82, 2.24) is 4.98 Å². The average Bonchev–Trinajstić information content (AvgIpc) is 2.61. The van der Waals surface area contributed by atoms with Gasteiger partial charge in [-0.2, -0.15) is 0 Å². The first kappa shape index (κ1) is 18.7. The van der Waals surface area contributed by atoms with Gasteiger partial charge in [-0.05, 0) is 34.1 Å². The monoisotopic (exact) mass is 395 g/mol. The fraction of sp³-hybridized carbons (Fsp3) is 0.389. The highest BCUT2D eigenvalue weighted by Crippen LogP contribution is 2.37. The van der Waals surface area contributed by atoms with Gasteiger partial charge in [-0.3, -0.25) is 4.98 Å². The van der Waals surface area contributed by atoms with E-state index < -0.39 is 0 Å². The van der Waals surface area contributed by atoms with E-state index in [1.165, 1.54) is 18.5 Å². The fourth-order valence-electron chi connectivity index (χ4n) is 2.41. The minimum absolute atomic E-state index is 0.460. The molecule has 0 amide bonds. The number of methoxy groups -OCH3 is 1. The molecule has 1 aromatic heterocycles. The van der Waals surface area contributed by atoms with E-state index in [-0.39, 0.29) is 0 Å². The van der Waals surface area contributed by atoms with Crippen LogP contribution in [0.15, 0.2) is 41.1 Å². The Morgan fingerprint density at radius 1 is 1.21 bits per heavy atom. The van der Waals surface area contributed by atoms with Crippen LogP contribution in [-0.4, -0.2) is 32.2 Å². The number of halogens is 1. The summed E-state index contributed by atoms with van der Waals surface area (Å²) in [6.07, 6.45) is 4.77. The first-order chi connectivity index (χ1) is 11.7. The van der Waals surface area contributed by atoms with E-state index in [1.807, 2.05) is 18.2 Å². The van der Waals surface area contributed by atoms with Gasteiger partial charge in [0.05, 0.1) is 31.7 Å². The molecule has 0 saturated carbocycles. The van der Waals surface area contributed by atoms with E-state index in [1.54, 1.807) is 19.5 Å². The summed E-state index contributed by atoms with van der Waals surface area (Å²) < 4.78 is 12.4. The van der Waals surface area contributed by atoms with Crippen LogP contribution in [0.2, 0.25) is 0 Å². The molecule has 0 atom stereocenters. The smallest absolute Gasteiger partial charge is 0.175 e. The predicted octanol–water partition coefficient (Wildman–Crippen LogP) is 1.08. The highest BCUT2D eigenvalue weighted by Gasteiger charge is 2.13. The maximum atomic E-state index is 5.93. The van der Waals surface area contributed by atoms with Crippen LogP contribution in [0.4, 0.5) is 0 Å². The zero-order valence-electron chi connectivity index (χ0n) is 14.3. The maximum absolute atomic E-state index is 5.93. The molecule has 0 aliphatic rings. The van der Waals surface area contributed by atoms with Gasteiger partial charge in [0, 0.05) is 29.9 Å². The molecule has 1 aromatic carbocycles. The molecule has 0 bridgehead atoms. The number of aromatic nitrogens is 1. The molecule has 0 aliphatic heterocycles. The van der Waals surface area contributed by atoms with Crippen LogP contribution in [0, 0.1) is 0 Å². The largest absolute Gasteiger partial charge is 0.493 e. The number of ether oxygens (including phenoxy) is 2. The zero-order chi connectivity index (χ0) is 17.2. The van der Waals surface area contributed by atoms with E-state index in [4.69, 9.17) is 9.47 Å². The molecule has 0 spiro atoms. The number of quaternary nitrogens is 2. The first-order valence-electron chi connectivity index (χ1n) is 8.22. The molecule has 5 nitrogen and oxygen atoms in total. The van der Waals surface area contributed by atoms with Crippen LogP contribution in [0.5, 0.6) is 11.5 Å². The molecule has 130 valence electrons. The number of nitrogens with two attached hydrogens (primary N) is 2. The van der Waals surface area contributed by atoms with Gasteiger partial charge in [0.25, 0.3) is 0 Å². The van der Waals surface area contributed by atoms with Crippen LogP contribution >= 0.6 is 15.9 Å². The van der Waals surface area contributed by atoms with Gasteiger partial charge in [0.2, 0.25) is 0 Å². The zero-order valence-corrected chi connectivity index (χ0v) is 15.9. The Kier molecular flexibility index (Phi) is 8.01. The fourth-order valence-corrected chi connectivity index (χ4v) is 3.01. The lowest BCUT2D eigenvalue weighted by Crippen LogP contribution is -2.85. The second-order valence-corrected chi connectivity index (χ2v) is 6.45. The van der Waals surface area contributed by atoms with E-state index in [0.29, 0.717) is 6.61 Å². The van der Waals surface area contributed by atoms with Crippen molar-refractivity contribution in [3.63, 3.8) is 0 Å². The topological polar surface area (TPSA) is 64.6 Å². The number of hydrogen-bond acceptors (Lipinski definition) is 3. The Labute approximate surface area is 151 Å². The van der Waals surface area contributed by atoms with E-state index >= 15 is 0 Å². The van der Waals surface area contributed by atoms with Gasteiger partial charge < -0.3 is 20.1 Å². The summed E-state index contributed by atoms with van der Waals surface area (Å²) in [5.41, 5.74) is 2.24. The molecule has 0 unspecified atom stereocenters. The van der Waals surface area contributed by atoms with E-state index in [0.717, 1.165) is 34.6 Å². The summed E-state index contributed by atoms with van der Waals surface area (Å²) in [4.78, 5) is 4.10. The molecule has 0 fully saturated rings. The Morgan fingerprint density at radius 3 is 2.79 bits per heavy atom. The van der Waals surface area contributed by atoms with Gasteiger partial charge in [0.1, 0.15) is 13.2 Å². The normalized spacial score (nSPS) is 10.6. The second kappa shape index (κ2) is 10.3. The van der Waals surface area contributed by atoms with Crippen molar-refractivity contribution in [2.24, 2.45) is 0 Å². The minimum Gasteiger partial charge on any atom is -0.493 e. The van der Waals surface area contributed by atoms with Crippen molar-refractivity contribution < 1.29 is 20.1 Å². The Morgan fingerprint density at radius 2 is 2.08 bits per heavy atom. The number of pyridine rings is 1. The Hall–Kier alpha value is -1.63. The predicted molar refractivity (Wildman–Crippen MR) is 97.1 cm³/mol. The van der Waals surface area contributed by atoms with Crippen LogP contribution in [-0.2, 0) is 13.2 Å². The maximum Gasteiger partial charge on any atom is 0.175 e. The van der Waals surface area contributed by atoms with Crippen molar-refractivity contribution in [2.45, 2.75) is 19.6 Å². The molecule has 2 rings (SSSR count). The van der Waals surface area contributed by atoms with Gasteiger partial charge in [-0.15, -0.1) is 0 Å². The average molecular weight is 396 g/mol. The van der Waals surface area contributed by atoms with Crippen LogP contribution in [0.1, 0.15) is 17.5 Å². The van der Waals surface area contributed by atoms with Crippen LogP contribution < -0.4 is 20.1 Å². The highest BCUT2D eigenvalue weighted by molar-refractivity contribution is 9.10. The number of hydrogen-bond donors (Lipinski definition) is 2. The van der Waals surface area contributed by atoms with Crippen molar-refractivity contribution in [3.8, 4) is 11.5 Å².